The van der Waals surface area contributed by atoms with Crippen molar-refractivity contribution in [3.8, 4) is 11.9 Å². The van der Waals surface area contributed by atoms with Crippen LogP contribution >= 0.6 is 23.4 Å². The van der Waals surface area contributed by atoms with Gasteiger partial charge in [-0.2, -0.15) is 23.1 Å². The van der Waals surface area contributed by atoms with Crippen LogP contribution < -0.4 is 5.32 Å². The van der Waals surface area contributed by atoms with Crippen LogP contribution in [0.1, 0.15) is 11.1 Å². The molecule has 0 saturated carbocycles. The molecule has 13 heteroatoms. The smallest absolute Gasteiger partial charge is 0.417 e. The van der Waals surface area contributed by atoms with Gasteiger partial charge in [-0.3, -0.25) is 0 Å². The van der Waals surface area contributed by atoms with Gasteiger partial charge in [0.2, 0.25) is 5.88 Å². The molecular weight excluding hydrogens is 487 g/mol. The van der Waals surface area contributed by atoms with Gasteiger partial charge in [0.25, 0.3) is 0 Å². The molecule has 0 bridgehead atoms. The molecule has 0 unspecified atom stereocenters. The zero-order valence-electron chi connectivity index (χ0n) is 16.6. The van der Waals surface area contributed by atoms with Crippen LogP contribution in [0.2, 0.25) is 5.02 Å². The predicted octanol–water partition coefficient (Wildman–Crippen LogP) is 4.09. The maximum absolute atomic E-state index is 13.5. The lowest BCUT2D eigenvalue weighted by Gasteiger charge is -2.18. The Morgan fingerprint density at radius 1 is 1.21 bits per heavy atom. The molecule has 1 atom stereocenters. The first-order valence-corrected chi connectivity index (χ1v) is 10.7. The Balaban J connectivity index is 1.79. The number of nitrogens with one attached hydrogen (secondary N) is 1. The Morgan fingerprint density at radius 2 is 1.91 bits per heavy atom. The number of alkyl halides is 3. The number of nitrogens with zero attached hydrogens (tertiary/aromatic N) is 2. The molecule has 3 rings (SSSR count). The van der Waals surface area contributed by atoms with E-state index in [1.165, 1.54) is 0 Å². The number of hydrogen-bond donors (Lipinski definition) is 4. The van der Waals surface area contributed by atoms with Gasteiger partial charge < -0.3 is 25.4 Å². The fourth-order valence-electron chi connectivity index (χ4n) is 2.78. The van der Waals surface area contributed by atoms with E-state index in [9.17, 15) is 33.3 Å². The summed E-state index contributed by atoms with van der Waals surface area (Å²) in [6, 6.07) is 7.65. The van der Waals surface area contributed by atoms with Gasteiger partial charge in [-0.15, -0.1) is 11.8 Å². The summed E-state index contributed by atoms with van der Waals surface area (Å²) in [5, 5.41) is 30.4. The normalized spacial score (nSPS) is 12.5. The molecule has 1 aromatic heterocycles. The van der Waals surface area contributed by atoms with Crippen LogP contribution in [-0.2, 0) is 17.5 Å². The van der Waals surface area contributed by atoms with Crippen molar-refractivity contribution in [1.29, 1.82) is 0 Å². The summed E-state index contributed by atoms with van der Waals surface area (Å²) in [4.78, 5) is 18.8. The molecule has 0 aliphatic carbocycles. The first kappa shape index (κ1) is 24.7. The summed E-state index contributed by atoms with van der Waals surface area (Å²) in [5.74, 6) is -0.985. The third-order valence-corrected chi connectivity index (χ3v) is 6.10. The summed E-state index contributed by atoms with van der Waals surface area (Å²) in [6.45, 7) is -0.565. The highest BCUT2D eigenvalue weighted by molar-refractivity contribution is 7.99. The highest BCUT2D eigenvalue weighted by Gasteiger charge is 2.36. The van der Waals surface area contributed by atoms with Crippen LogP contribution in [0, 0.1) is 0 Å². The van der Waals surface area contributed by atoms with E-state index in [1.807, 2.05) is 0 Å². The van der Waals surface area contributed by atoms with E-state index in [0.717, 1.165) is 17.3 Å². The number of halogens is 4. The molecule has 0 fully saturated rings. The molecule has 0 spiro atoms. The number of thioether (sulfide) groups is 1. The van der Waals surface area contributed by atoms with Crippen molar-refractivity contribution >= 4 is 40.4 Å². The highest BCUT2D eigenvalue weighted by Crippen LogP contribution is 2.45. The zero-order valence-corrected chi connectivity index (χ0v) is 18.2. The van der Waals surface area contributed by atoms with Gasteiger partial charge in [-0.05, 0) is 11.6 Å². The molecule has 2 aromatic carbocycles. The summed E-state index contributed by atoms with van der Waals surface area (Å²) in [6.07, 6.45) is -5.68. The van der Waals surface area contributed by atoms with Crippen molar-refractivity contribution in [1.82, 2.24) is 15.3 Å². The predicted molar refractivity (Wildman–Crippen MR) is 114 cm³/mol. The van der Waals surface area contributed by atoms with Crippen LogP contribution in [0.15, 0.2) is 41.3 Å². The SMILES string of the molecule is O=C(N[C@@H](CO)CSc1c(Cl)c(C(F)(F)F)cc2c(O)nc(O)nc12)OCc1ccccc1. The van der Waals surface area contributed by atoms with Crippen LogP contribution in [0.25, 0.3) is 10.9 Å². The highest BCUT2D eigenvalue weighted by atomic mass is 35.5. The Bertz CT molecular complexity index is 1150. The van der Waals surface area contributed by atoms with Crippen molar-refractivity contribution in [2.24, 2.45) is 0 Å². The molecule has 1 amide bonds. The average Bonchev–Trinajstić information content (AvgIpc) is 2.75. The number of benzene rings is 2. The summed E-state index contributed by atoms with van der Waals surface area (Å²) in [5.41, 5.74) is -0.713. The third-order valence-electron chi connectivity index (χ3n) is 4.34. The molecule has 0 aliphatic heterocycles. The van der Waals surface area contributed by atoms with Crippen molar-refractivity contribution in [3.63, 3.8) is 0 Å². The van der Waals surface area contributed by atoms with E-state index < -0.39 is 47.4 Å². The van der Waals surface area contributed by atoms with E-state index in [2.05, 4.69) is 15.3 Å². The number of rotatable bonds is 7. The van der Waals surface area contributed by atoms with Crippen LogP contribution in [0.5, 0.6) is 11.9 Å². The molecule has 1 heterocycles. The lowest BCUT2D eigenvalue weighted by atomic mass is 10.1. The minimum absolute atomic E-state index is 0.0163. The number of carbonyl (C=O) groups excluding carboxylic acids is 1. The maximum Gasteiger partial charge on any atom is 0.417 e. The van der Waals surface area contributed by atoms with Crippen molar-refractivity contribution in [3.05, 3.63) is 52.5 Å². The second kappa shape index (κ2) is 10.3. The van der Waals surface area contributed by atoms with Crippen LogP contribution in [0.3, 0.4) is 0 Å². The van der Waals surface area contributed by atoms with E-state index >= 15 is 0 Å². The summed E-state index contributed by atoms with van der Waals surface area (Å²) < 4.78 is 45.4. The molecule has 0 radical (unpaired) electrons. The average molecular weight is 504 g/mol. The molecule has 0 saturated heterocycles. The van der Waals surface area contributed by atoms with E-state index in [1.54, 1.807) is 30.3 Å². The number of aliphatic hydroxyl groups excluding tert-OH is 1. The van der Waals surface area contributed by atoms with Gasteiger partial charge in [-0.25, -0.2) is 4.79 Å². The fourth-order valence-corrected chi connectivity index (χ4v) is 4.28. The van der Waals surface area contributed by atoms with Gasteiger partial charge in [-0.1, -0.05) is 41.9 Å². The second-order valence-corrected chi connectivity index (χ2v) is 8.11. The first-order valence-electron chi connectivity index (χ1n) is 9.30. The Kier molecular flexibility index (Phi) is 7.72. The summed E-state index contributed by atoms with van der Waals surface area (Å²) >= 11 is 6.73. The Labute approximate surface area is 194 Å². The molecule has 8 nitrogen and oxygen atoms in total. The number of amides is 1. The standard InChI is InChI=1S/C20H17ClF3N3O5S/c21-14-13(20(22,23)24)6-12-15(26-18(30)27-17(12)29)16(14)33-9-11(7-28)25-19(31)32-8-10-4-2-1-3-5-10/h1-6,11,28H,7-9H2,(H,25,31)(H2,26,27,29,30)/t11-/m0/s1. The molecule has 176 valence electrons. The number of fused-ring (bicyclic) bond motifs is 1. The lowest BCUT2D eigenvalue weighted by molar-refractivity contribution is -0.137. The number of alkyl carbamates (subject to hydrolysis) is 1. The molecule has 3 aromatic rings. The minimum atomic E-state index is -4.85. The summed E-state index contributed by atoms with van der Waals surface area (Å²) in [7, 11) is 0. The van der Waals surface area contributed by atoms with Crippen molar-refractivity contribution in [2.45, 2.75) is 23.7 Å². The van der Waals surface area contributed by atoms with E-state index in [-0.39, 0.29) is 28.2 Å². The monoisotopic (exact) mass is 503 g/mol. The van der Waals surface area contributed by atoms with Gasteiger partial charge in [0.1, 0.15) is 6.61 Å². The largest absolute Gasteiger partial charge is 0.493 e. The zero-order chi connectivity index (χ0) is 24.2. The van der Waals surface area contributed by atoms with Gasteiger partial charge in [0.15, 0.2) is 0 Å². The Hall–Kier alpha value is -2.96. The van der Waals surface area contributed by atoms with Crippen LogP contribution in [-0.4, -0.2) is 49.8 Å². The van der Waals surface area contributed by atoms with E-state index in [4.69, 9.17) is 16.3 Å². The fraction of sp³-hybridized carbons (Fsp3) is 0.250. The van der Waals surface area contributed by atoms with Gasteiger partial charge in [0, 0.05) is 5.75 Å². The quantitative estimate of drug-likeness (QED) is 0.355. The lowest BCUT2D eigenvalue weighted by Crippen LogP contribution is -2.39. The molecule has 4 N–H and O–H groups in total. The van der Waals surface area contributed by atoms with Gasteiger partial charge >= 0.3 is 18.3 Å². The number of aromatic hydroxyl groups is 2. The first-order chi connectivity index (χ1) is 15.6. The van der Waals surface area contributed by atoms with Crippen molar-refractivity contribution < 1.29 is 38.0 Å². The molecule has 0 aliphatic rings. The number of hydrogen-bond acceptors (Lipinski definition) is 8. The van der Waals surface area contributed by atoms with E-state index in [0.29, 0.717) is 6.07 Å². The number of aromatic nitrogens is 2. The second-order valence-electron chi connectivity index (χ2n) is 6.70. The number of aliphatic hydroxyl groups is 1. The van der Waals surface area contributed by atoms with Crippen molar-refractivity contribution in [2.75, 3.05) is 12.4 Å². The topological polar surface area (TPSA) is 125 Å². The number of ether oxygens (including phenoxy) is 1. The third kappa shape index (κ3) is 6.09. The minimum Gasteiger partial charge on any atom is -0.493 e. The van der Waals surface area contributed by atoms with Gasteiger partial charge in [0.05, 0.1) is 39.0 Å². The molecule has 33 heavy (non-hydrogen) atoms. The maximum atomic E-state index is 13.5. The molecular formula is C20H17ClF3N3O5S. The number of carbonyl (C=O) groups is 1. The Morgan fingerprint density at radius 3 is 2.55 bits per heavy atom. The van der Waals surface area contributed by atoms with Crippen LogP contribution in [0.4, 0.5) is 18.0 Å².